The fraction of sp³-hybridized carbons (Fsp3) is 0.143. The van der Waals surface area contributed by atoms with Gasteiger partial charge in [-0.05, 0) is 31.2 Å². The molecule has 1 aromatic carbocycles. The van der Waals surface area contributed by atoms with Crippen LogP contribution in [0.1, 0.15) is 27.2 Å². The van der Waals surface area contributed by atoms with Gasteiger partial charge < -0.3 is 4.74 Å². The Hall–Kier alpha value is -2.16. The van der Waals surface area contributed by atoms with Crippen molar-refractivity contribution in [1.82, 2.24) is 4.98 Å². The molecule has 1 aliphatic rings. The zero-order valence-corrected chi connectivity index (χ0v) is 9.43. The Labute approximate surface area is 99.1 Å². The largest absolute Gasteiger partial charge is 0.486 e. The number of aryl methyl sites for hydroxylation is 1. The van der Waals surface area contributed by atoms with Gasteiger partial charge in [-0.15, -0.1) is 0 Å². The van der Waals surface area contributed by atoms with E-state index in [0.717, 1.165) is 5.56 Å². The molecule has 0 N–H and O–H groups in total. The molecule has 2 heterocycles. The molecule has 0 atom stereocenters. The Morgan fingerprint density at radius 2 is 2.12 bits per heavy atom. The van der Waals surface area contributed by atoms with Crippen molar-refractivity contribution in [2.45, 2.75) is 13.5 Å². The van der Waals surface area contributed by atoms with Crippen molar-refractivity contribution < 1.29 is 9.53 Å². The van der Waals surface area contributed by atoms with Gasteiger partial charge in [0, 0.05) is 11.8 Å². The first-order chi connectivity index (χ1) is 8.25. The number of hydrogen-bond donors (Lipinski definition) is 0. The maximum absolute atomic E-state index is 12.4. The van der Waals surface area contributed by atoms with E-state index in [1.807, 2.05) is 25.1 Å². The minimum atomic E-state index is -0.00991. The molecule has 0 unspecified atom stereocenters. The standard InChI is InChI=1S/C14H11NO2/c1-9-4-5-13-11(7-9)14(16)10-3-2-6-15-12(10)8-17-13/h2-7H,8H2,1H3. The van der Waals surface area contributed by atoms with Crippen LogP contribution < -0.4 is 4.74 Å². The van der Waals surface area contributed by atoms with Crippen molar-refractivity contribution in [3.05, 3.63) is 58.9 Å². The molecule has 0 bridgehead atoms. The number of rotatable bonds is 0. The highest BCUT2D eigenvalue weighted by molar-refractivity contribution is 6.11. The summed E-state index contributed by atoms with van der Waals surface area (Å²) >= 11 is 0. The molecule has 0 saturated carbocycles. The molecule has 0 aliphatic carbocycles. The normalized spacial score (nSPS) is 13.4. The van der Waals surface area contributed by atoms with E-state index in [-0.39, 0.29) is 5.78 Å². The lowest BCUT2D eigenvalue weighted by Crippen LogP contribution is -2.04. The molecule has 0 amide bonds. The molecule has 0 fully saturated rings. The third-order valence-corrected chi connectivity index (χ3v) is 2.88. The van der Waals surface area contributed by atoms with Crippen LogP contribution in [0.25, 0.3) is 0 Å². The van der Waals surface area contributed by atoms with E-state index in [4.69, 9.17) is 4.74 Å². The summed E-state index contributed by atoms with van der Waals surface area (Å²) in [4.78, 5) is 16.5. The van der Waals surface area contributed by atoms with Gasteiger partial charge in [0.15, 0.2) is 5.78 Å². The van der Waals surface area contributed by atoms with Crippen molar-refractivity contribution in [2.24, 2.45) is 0 Å². The second-order valence-corrected chi connectivity index (χ2v) is 4.12. The van der Waals surface area contributed by atoms with Crippen LogP contribution in [0.15, 0.2) is 36.5 Å². The highest BCUT2D eigenvalue weighted by atomic mass is 16.5. The summed E-state index contributed by atoms with van der Waals surface area (Å²) < 4.78 is 5.62. The molecule has 1 aromatic heterocycles. The lowest BCUT2D eigenvalue weighted by molar-refractivity contribution is 0.103. The van der Waals surface area contributed by atoms with Gasteiger partial charge in [-0.25, -0.2) is 0 Å². The van der Waals surface area contributed by atoms with E-state index in [0.29, 0.717) is 29.2 Å². The van der Waals surface area contributed by atoms with Crippen molar-refractivity contribution in [1.29, 1.82) is 0 Å². The summed E-state index contributed by atoms with van der Waals surface area (Å²) in [5, 5.41) is 0. The predicted molar refractivity (Wildman–Crippen MR) is 63.2 cm³/mol. The lowest BCUT2D eigenvalue weighted by atomic mass is 10.0. The average Bonchev–Trinajstić information content (AvgIpc) is 2.49. The molecule has 0 radical (unpaired) electrons. The van der Waals surface area contributed by atoms with Crippen LogP contribution in [0.5, 0.6) is 5.75 Å². The third kappa shape index (κ3) is 1.60. The van der Waals surface area contributed by atoms with Crippen molar-refractivity contribution >= 4 is 5.78 Å². The minimum Gasteiger partial charge on any atom is -0.486 e. The SMILES string of the molecule is Cc1ccc2c(c1)C(=O)c1cccnc1CO2. The highest BCUT2D eigenvalue weighted by Gasteiger charge is 2.22. The number of pyridine rings is 1. The molecule has 0 spiro atoms. The molecule has 3 heteroatoms. The van der Waals surface area contributed by atoms with E-state index < -0.39 is 0 Å². The number of ether oxygens (including phenoxy) is 1. The van der Waals surface area contributed by atoms with Gasteiger partial charge in [-0.1, -0.05) is 11.6 Å². The number of hydrogen-bond acceptors (Lipinski definition) is 3. The number of nitrogens with zero attached hydrogens (tertiary/aromatic N) is 1. The number of carbonyl (C=O) groups is 1. The maximum Gasteiger partial charge on any atom is 0.198 e. The molecular weight excluding hydrogens is 214 g/mol. The number of fused-ring (bicyclic) bond motifs is 2. The van der Waals surface area contributed by atoms with Crippen LogP contribution >= 0.6 is 0 Å². The first-order valence-corrected chi connectivity index (χ1v) is 5.48. The summed E-state index contributed by atoms with van der Waals surface area (Å²) in [5.74, 6) is 0.628. The quantitative estimate of drug-likeness (QED) is 0.691. The molecule has 3 rings (SSSR count). The fourth-order valence-electron chi connectivity index (χ4n) is 2.00. The molecule has 1 aliphatic heterocycles. The first-order valence-electron chi connectivity index (χ1n) is 5.48. The first kappa shape index (κ1) is 10.0. The average molecular weight is 225 g/mol. The van der Waals surface area contributed by atoms with Gasteiger partial charge in [0.05, 0.1) is 11.3 Å². The third-order valence-electron chi connectivity index (χ3n) is 2.88. The number of carbonyl (C=O) groups excluding carboxylic acids is 1. The number of benzene rings is 1. The Morgan fingerprint density at radius 1 is 1.24 bits per heavy atom. The van der Waals surface area contributed by atoms with Gasteiger partial charge in [0.1, 0.15) is 12.4 Å². The maximum atomic E-state index is 12.4. The summed E-state index contributed by atoms with van der Waals surface area (Å²) in [6.45, 7) is 2.31. The van der Waals surface area contributed by atoms with Gasteiger partial charge >= 0.3 is 0 Å². The van der Waals surface area contributed by atoms with Crippen molar-refractivity contribution in [3.8, 4) is 5.75 Å². The van der Waals surface area contributed by atoms with E-state index in [1.165, 1.54) is 0 Å². The van der Waals surface area contributed by atoms with Crippen LogP contribution in [0.2, 0.25) is 0 Å². The van der Waals surface area contributed by atoms with E-state index in [2.05, 4.69) is 4.98 Å². The predicted octanol–water partition coefficient (Wildman–Crippen LogP) is 2.51. The van der Waals surface area contributed by atoms with Crippen LogP contribution in [-0.2, 0) is 6.61 Å². The fourth-order valence-corrected chi connectivity index (χ4v) is 2.00. The lowest BCUT2D eigenvalue weighted by Gasteiger charge is -2.05. The zero-order valence-electron chi connectivity index (χ0n) is 9.43. The second kappa shape index (κ2) is 3.70. The highest BCUT2D eigenvalue weighted by Crippen LogP contribution is 2.28. The van der Waals surface area contributed by atoms with Crippen molar-refractivity contribution in [2.75, 3.05) is 0 Å². The summed E-state index contributed by atoms with van der Waals surface area (Å²) in [5.41, 5.74) is 3.01. The monoisotopic (exact) mass is 225 g/mol. The second-order valence-electron chi connectivity index (χ2n) is 4.12. The van der Waals surface area contributed by atoms with Crippen LogP contribution in [0.4, 0.5) is 0 Å². The van der Waals surface area contributed by atoms with Gasteiger partial charge in [-0.3, -0.25) is 9.78 Å². The van der Waals surface area contributed by atoms with Crippen LogP contribution in [0.3, 0.4) is 0 Å². The van der Waals surface area contributed by atoms with E-state index in [9.17, 15) is 4.79 Å². The van der Waals surface area contributed by atoms with Gasteiger partial charge in [0.2, 0.25) is 0 Å². The minimum absolute atomic E-state index is 0.00991. The number of ketones is 1. The Morgan fingerprint density at radius 3 is 3.00 bits per heavy atom. The Kier molecular flexibility index (Phi) is 2.18. The Bertz CT molecular complexity index is 605. The molecule has 0 saturated heterocycles. The summed E-state index contributed by atoms with van der Waals surface area (Å²) in [7, 11) is 0. The molecule has 84 valence electrons. The summed E-state index contributed by atoms with van der Waals surface area (Å²) in [6, 6.07) is 9.22. The molecular formula is C14H11NO2. The Balaban J connectivity index is 2.22. The van der Waals surface area contributed by atoms with Crippen LogP contribution in [-0.4, -0.2) is 10.8 Å². The molecule has 3 nitrogen and oxygen atoms in total. The smallest absolute Gasteiger partial charge is 0.198 e. The molecule has 2 aromatic rings. The van der Waals surface area contributed by atoms with Crippen LogP contribution in [0, 0.1) is 6.92 Å². The van der Waals surface area contributed by atoms with Crippen molar-refractivity contribution in [3.63, 3.8) is 0 Å². The van der Waals surface area contributed by atoms with Gasteiger partial charge in [-0.2, -0.15) is 0 Å². The van der Waals surface area contributed by atoms with Gasteiger partial charge in [0.25, 0.3) is 0 Å². The zero-order chi connectivity index (χ0) is 11.8. The summed E-state index contributed by atoms with van der Waals surface area (Å²) in [6.07, 6.45) is 1.68. The topological polar surface area (TPSA) is 39.2 Å². The number of aromatic nitrogens is 1. The molecule has 17 heavy (non-hydrogen) atoms. The van der Waals surface area contributed by atoms with E-state index >= 15 is 0 Å². The van der Waals surface area contributed by atoms with E-state index in [1.54, 1.807) is 18.3 Å².